The van der Waals surface area contributed by atoms with Gasteiger partial charge in [-0.2, -0.15) is 4.31 Å². The summed E-state index contributed by atoms with van der Waals surface area (Å²) in [5.41, 5.74) is 6.66. The van der Waals surface area contributed by atoms with Crippen molar-refractivity contribution >= 4 is 32.5 Å². The molecule has 35 heavy (non-hydrogen) atoms. The molecule has 3 aliphatic rings. The molecular formula is C16H22N4O13P2. The maximum atomic E-state index is 12.9. The van der Waals surface area contributed by atoms with Crippen LogP contribution in [0.1, 0.15) is 6.23 Å². The smallest absolute Gasteiger partial charge is 0.394 e. The summed E-state index contributed by atoms with van der Waals surface area (Å²) in [5, 5.41) is 39.5. The molecule has 194 valence electrons. The van der Waals surface area contributed by atoms with E-state index in [1.54, 1.807) is 6.07 Å². The molecule has 0 aromatic carbocycles. The Balaban J connectivity index is 1.29. The van der Waals surface area contributed by atoms with Gasteiger partial charge in [-0.1, -0.05) is 0 Å². The van der Waals surface area contributed by atoms with Crippen LogP contribution in [0.2, 0.25) is 0 Å². The third kappa shape index (κ3) is 4.53. The number of hydrogen-bond donors (Lipinski definition) is 6. The molecule has 3 saturated heterocycles. The van der Waals surface area contributed by atoms with Gasteiger partial charge in [0.15, 0.2) is 18.3 Å². The molecule has 2 aromatic heterocycles. The van der Waals surface area contributed by atoms with Crippen LogP contribution in [-0.4, -0.2) is 96.0 Å². The average molecular weight is 540 g/mol. The summed E-state index contributed by atoms with van der Waals surface area (Å²) < 4.78 is 57.0. The quantitative estimate of drug-likeness (QED) is 0.225. The predicted molar refractivity (Wildman–Crippen MR) is 110 cm³/mol. The van der Waals surface area contributed by atoms with Crippen molar-refractivity contribution in [2.75, 3.05) is 18.9 Å². The minimum absolute atomic E-state index is 0.163. The number of phosphoric ester groups is 2. The summed E-state index contributed by atoms with van der Waals surface area (Å²) >= 11 is 0. The number of hydrogen-bond acceptors (Lipinski definition) is 15. The highest BCUT2D eigenvalue weighted by Crippen LogP contribution is 2.67. The second kappa shape index (κ2) is 9.08. The number of nitrogen functional groups attached to an aromatic ring is 1. The van der Waals surface area contributed by atoms with Crippen LogP contribution >= 0.6 is 15.6 Å². The number of nitrogens with zero attached hydrogens (tertiary/aromatic N) is 3. The number of aliphatic hydroxyl groups is 4. The van der Waals surface area contributed by atoms with E-state index >= 15 is 0 Å². The molecule has 19 heteroatoms. The topological polar surface area (TPSA) is 247 Å². The number of rotatable bonds is 6. The van der Waals surface area contributed by atoms with Gasteiger partial charge < -0.3 is 45.1 Å². The van der Waals surface area contributed by atoms with Gasteiger partial charge in [0.1, 0.15) is 42.1 Å². The van der Waals surface area contributed by atoms with Crippen LogP contribution in [-0.2, 0) is 36.5 Å². The first-order valence-corrected chi connectivity index (χ1v) is 13.2. The van der Waals surface area contributed by atoms with Gasteiger partial charge in [-0.05, 0) is 6.07 Å². The van der Waals surface area contributed by atoms with E-state index in [0.717, 1.165) is 0 Å². The molecule has 0 amide bonds. The molecule has 0 bridgehead atoms. The zero-order valence-corrected chi connectivity index (χ0v) is 19.4. The molecule has 3 aliphatic heterocycles. The summed E-state index contributed by atoms with van der Waals surface area (Å²) in [5.74, 6) is 0.163. The zero-order chi connectivity index (χ0) is 25.1. The first kappa shape index (κ1) is 25.1. The fourth-order valence-corrected chi connectivity index (χ4v) is 6.91. The van der Waals surface area contributed by atoms with Crippen LogP contribution in [0.5, 0.6) is 0 Å². The normalized spacial score (nSPS) is 41.2. The number of imidazole rings is 1. The Morgan fingerprint density at radius 1 is 1.23 bits per heavy atom. The van der Waals surface area contributed by atoms with Gasteiger partial charge in [0.25, 0.3) is 0 Å². The lowest BCUT2D eigenvalue weighted by Gasteiger charge is -2.31. The van der Waals surface area contributed by atoms with Crippen LogP contribution < -0.4 is 5.73 Å². The number of aromatic nitrogens is 3. The van der Waals surface area contributed by atoms with Crippen LogP contribution in [0.15, 0.2) is 18.6 Å². The summed E-state index contributed by atoms with van der Waals surface area (Å²) in [7, 11) is -10.1. The zero-order valence-electron chi connectivity index (χ0n) is 17.6. The number of anilines is 1. The van der Waals surface area contributed by atoms with Gasteiger partial charge in [-0.3, -0.25) is 13.6 Å². The van der Waals surface area contributed by atoms with Crippen LogP contribution in [0.3, 0.4) is 0 Å². The van der Waals surface area contributed by atoms with E-state index in [0.29, 0.717) is 11.0 Å². The standard InChI is InChI=1S/C16H22N4O13P2/c17-14-9-6(1-2-18-14)20(5-19-9)15-12(24)13-8(29-15)4-28-35(27,31-13)33-34(25,26)32-16-11(23)10(22)7(3-21)30-16/h1-2,5,7-8,10-13,15-16,21-24H,3-4H2,(H2,17,18)(H,25,26)/t7-,8-,10-,11-,12-,13-,15-,16+,35+/m1/s1. The fourth-order valence-electron chi connectivity index (χ4n) is 4.02. The second-order valence-corrected chi connectivity index (χ2v) is 11.1. The Morgan fingerprint density at radius 3 is 2.71 bits per heavy atom. The molecule has 10 atom stereocenters. The number of aliphatic hydroxyl groups excluding tert-OH is 4. The van der Waals surface area contributed by atoms with Crippen molar-refractivity contribution in [2.45, 2.75) is 49.1 Å². The van der Waals surface area contributed by atoms with Gasteiger partial charge in [-0.25, -0.2) is 19.1 Å². The van der Waals surface area contributed by atoms with Crippen molar-refractivity contribution in [3.63, 3.8) is 0 Å². The molecule has 0 aliphatic carbocycles. The lowest BCUT2D eigenvalue weighted by molar-refractivity contribution is -0.127. The molecule has 3 fully saturated rings. The van der Waals surface area contributed by atoms with Gasteiger partial charge >= 0.3 is 15.6 Å². The average Bonchev–Trinajstić information content (AvgIpc) is 3.44. The van der Waals surface area contributed by atoms with Crippen molar-refractivity contribution in [1.82, 2.24) is 14.5 Å². The molecule has 5 heterocycles. The molecule has 2 aromatic rings. The third-order valence-electron chi connectivity index (χ3n) is 5.69. The first-order chi connectivity index (χ1) is 16.5. The van der Waals surface area contributed by atoms with Crippen LogP contribution in [0.4, 0.5) is 5.82 Å². The fraction of sp³-hybridized carbons (Fsp3) is 0.625. The Hall–Kier alpha value is -1.56. The highest BCUT2D eigenvalue weighted by molar-refractivity contribution is 7.61. The van der Waals surface area contributed by atoms with E-state index in [9.17, 15) is 29.3 Å². The Bertz CT molecular complexity index is 1200. The molecule has 7 N–H and O–H groups in total. The summed E-state index contributed by atoms with van der Waals surface area (Å²) in [4.78, 5) is 18.1. The van der Waals surface area contributed by atoms with Gasteiger partial charge in [0, 0.05) is 6.20 Å². The van der Waals surface area contributed by atoms with Crippen LogP contribution in [0, 0.1) is 0 Å². The lowest BCUT2D eigenvalue weighted by atomic mass is 10.1. The van der Waals surface area contributed by atoms with E-state index in [1.807, 2.05) is 0 Å². The maximum absolute atomic E-state index is 12.9. The number of pyridine rings is 1. The van der Waals surface area contributed by atoms with Crippen LogP contribution in [0.25, 0.3) is 11.0 Å². The minimum atomic E-state index is -5.28. The molecule has 1 unspecified atom stereocenters. The summed E-state index contributed by atoms with van der Waals surface area (Å²) in [6, 6.07) is 1.60. The van der Waals surface area contributed by atoms with Gasteiger partial charge in [0.05, 0.1) is 25.1 Å². The Labute approximate surface area is 196 Å². The highest BCUT2D eigenvalue weighted by atomic mass is 31.3. The molecule has 0 radical (unpaired) electrons. The molecule has 0 spiro atoms. The Kier molecular flexibility index (Phi) is 6.51. The second-order valence-electron chi connectivity index (χ2n) is 7.95. The van der Waals surface area contributed by atoms with E-state index < -0.39 is 78.0 Å². The van der Waals surface area contributed by atoms with Crippen molar-refractivity contribution in [1.29, 1.82) is 0 Å². The molecular weight excluding hydrogens is 518 g/mol. The molecule has 0 saturated carbocycles. The molecule has 5 rings (SSSR count). The highest BCUT2D eigenvalue weighted by Gasteiger charge is 2.56. The lowest BCUT2D eigenvalue weighted by Crippen LogP contribution is -2.39. The maximum Gasteiger partial charge on any atom is 0.484 e. The van der Waals surface area contributed by atoms with Crippen molar-refractivity contribution in [3.8, 4) is 0 Å². The van der Waals surface area contributed by atoms with E-state index in [4.69, 9.17) is 29.4 Å². The largest absolute Gasteiger partial charge is 0.484 e. The third-order valence-corrected chi connectivity index (χ3v) is 8.76. The number of nitrogens with two attached hydrogens (primary N) is 1. The van der Waals surface area contributed by atoms with Gasteiger partial charge in [-0.15, -0.1) is 0 Å². The van der Waals surface area contributed by atoms with E-state index in [2.05, 4.69) is 18.8 Å². The monoisotopic (exact) mass is 540 g/mol. The summed E-state index contributed by atoms with van der Waals surface area (Å²) in [6.07, 6.45) is -8.53. The number of fused-ring (bicyclic) bond motifs is 2. The van der Waals surface area contributed by atoms with Gasteiger partial charge in [0.2, 0.25) is 0 Å². The van der Waals surface area contributed by atoms with E-state index in [-0.39, 0.29) is 5.82 Å². The van der Waals surface area contributed by atoms with Crippen molar-refractivity contribution in [2.24, 2.45) is 0 Å². The Morgan fingerprint density at radius 2 is 2.00 bits per heavy atom. The predicted octanol–water partition coefficient (Wildman–Crippen LogP) is -1.63. The van der Waals surface area contributed by atoms with Crippen molar-refractivity contribution in [3.05, 3.63) is 18.6 Å². The number of ether oxygens (including phenoxy) is 2. The minimum Gasteiger partial charge on any atom is -0.394 e. The van der Waals surface area contributed by atoms with E-state index in [1.165, 1.54) is 17.1 Å². The first-order valence-electron chi connectivity index (χ1n) is 10.2. The molecule has 17 nitrogen and oxygen atoms in total. The summed E-state index contributed by atoms with van der Waals surface area (Å²) in [6.45, 7) is -1.16. The SMILES string of the molecule is Nc1nccc2c1ncn2[C@@H]1O[C@@H]2CO[P@](=O)(OP(=O)(O)O[C@@H]3O[C@H](CO)[C@@H](O)[C@H]3O)O[C@H]2[C@H]1O. The van der Waals surface area contributed by atoms with Crippen molar-refractivity contribution < 1.29 is 61.8 Å². The number of phosphoric acid groups is 2.